The van der Waals surface area contributed by atoms with E-state index in [0.29, 0.717) is 24.8 Å². The van der Waals surface area contributed by atoms with Crippen LogP contribution in [0.1, 0.15) is 108 Å². The van der Waals surface area contributed by atoms with Crippen LogP contribution in [0.4, 0.5) is 0 Å². The first-order chi connectivity index (χ1) is 25.0. The van der Waals surface area contributed by atoms with Crippen molar-refractivity contribution in [1.29, 1.82) is 0 Å². The Bertz CT molecular complexity index is 1700. The van der Waals surface area contributed by atoms with E-state index >= 15 is 0 Å². The first-order valence-electron chi connectivity index (χ1n) is 18.0. The molecule has 1 fully saturated rings. The zero-order valence-corrected chi connectivity index (χ0v) is 31.6. The lowest BCUT2D eigenvalue weighted by atomic mass is 9.96. The highest BCUT2D eigenvalue weighted by Crippen LogP contribution is 2.23. The molecule has 5 N–H and O–H groups in total. The van der Waals surface area contributed by atoms with E-state index in [4.69, 9.17) is 4.42 Å². The molecule has 0 radical (unpaired) electrons. The Labute approximate surface area is 310 Å². The Hall–Kier alpha value is -5.34. The van der Waals surface area contributed by atoms with E-state index < -0.39 is 23.4 Å². The minimum Gasteiger partial charge on any atom is -0.508 e. The van der Waals surface area contributed by atoms with Gasteiger partial charge in [-0.1, -0.05) is 40.2 Å². The summed E-state index contributed by atoms with van der Waals surface area (Å²) >= 11 is 0. The monoisotopic (exact) mass is 735 g/mol. The number of rotatable bonds is 15. The van der Waals surface area contributed by atoms with Gasteiger partial charge in [0.1, 0.15) is 23.2 Å². The third-order valence-electron chi connectivity index (χ3n) is 8.59. The van der Waals surface area contributed by atoms with Gasteiger partial charge in [0.05, 0.1) is 12.2 Å². The number of likely N-dealkylation sites (tertiary alicyclic amines) is 1. The van der Waals surface area contributed by atoms with Crippen molar-refractivity contribution in [1.82, 2.24) is 36.0 Å². The molecule has 1 aliphatic heterocycles. The number of phenolic OH excluding ortho intramolecular Hbond substituents is 1. The SMILES string of the molecule is CC(=O)NC(C(=O)c1nnc(-c2cccc(O)c2)o1)C(C)C.CC(C)C(NC(=O)CCCCC(C)(C)NC(=O)c1ccc(O)cn1)C(=O)N1CCCC1. The Morgan fingerprint density at radius 2 is 1.57 bits per heavy atom. The number of unbranched alkanes of at least 4 members (excludes halogenated alkanes) is 1. The normalized spacial score (nSPS) is 13.9. The number of carbonyl (C=O) groups is 5. The highest BCUT2D eigenvalue weighted by molar-refractivity contribution is 5.98. The number of nitrogens with one attached hydrogen (secondary N) is 3. The van der Waals surface area contributed by atoms with Gasteiger partial charge in [-0.3, -0.25) is 24.0 Å². The molecule has 4 amide bonds. The molecule has 2 aromatic heterocycles. The molecule has 1 saturated heterocycles. The molecular formula is C38H53N7O8. The molecule has 0 bridgehead atoms. The van der Waals surface area contributed by atoms with E-state index in [0.717, 1.165) is 32.4 Å². The summed E-state index contributed by atoms with van der Waals surface area (Å²) in [6.45, 7) is 14.3. The fraction of sp³-hybridized carbons (Fsp3) is 0.526. The van der Waals surface area contributed by atoms with Gasteiger partial charge in [-0.05, 0) is 81.7 Å². The fourth-order valence-corrected chi connectivity index (χ4v) is 5.67. The molecule has 3 aromatic rings. The average molecular weight is 736 g/mol. The van der Waals surface area contributed by atoms with Gasteiger partial charge in [-0.25, -0.2) is 4.98 Å². The number of benzene rings is 1. The van der Waals surface area contributed by atoms with Crippen molar-refractivity contribution in [2.75, 3.05) is 13.1 Å². The van der Waals surface area contributed by atoms with Crippen LogP contribution in [0, 0.1) is 11.8 Å². The third-order valence-corrected chi connectivity index (χ3v) is 8.59. The molecule has 288 valence electrons. The number of aromatic hydroxyl groups is 2. The predicted molar refractivity (Wildman–Crippen MR) is 197 cm³/mol. The highest BCUT2D eigenvalue weighted by atomic mass is 16.4. The number of nitrogens with zero attached hydrogens (tertiary/aromatic N) is 4. The van der Waals surface area contributed by atoms with Gasteiger partial charge in [0.2, 0.25) is 29.4 Å². The van der Waals surface area contributed by atoms with Crippen molar-refractivity contribution < 1.29 is 38.6 Å². The van der Waals surface area contributed by atoms with Gasteiger partial charge >= 0.3 is 0 Å². The average Bonchev–Trinajstić information content (AvgIpc) is 3.81. The number of Topliss-reactive ketones (excluding diaryl/α,β-unsaturated/α-hetero) is 1. The number of phenols is 1. The standard InChI is InChI=1S/C23H36N4O4.C15H17N3O4/c1-16(2)20(22(31)27-13-7-8-14-27)25-19(29)9-5-6-12-23(3,4)26-21(30)18-11-10-17(28)15-24-18;1-8(2)12(16-9(3)19)13(21)15-18-17-14(22-15)10-5-4-6-11(20)7-10/h10-11,15-16,20,28H,5-9,12-14H2,1-4H3,(H,25,29)(H,26,30);4-8,12,20H,1-3H3,(H,16,19). The van der Waals surface area contributed by atoms with Crippen molar-refractivity contribution in [3.05, 3.63) is 54.2 Å². The van der Waals surface area contributed by atoms with Crippen molar-refractivity contribution in [2.45, 2.75) is 105 Å². The van der Waals surface area contributed by atoms with Gasteiger partial charge in [-0.2, -0.15) is 0 Å². The van der Waals surface area contributed by atoms with E-state index in [2.05, 4.69) is 31.1 Å². The second-order valence-corrected chi connectivity index (χ2v) is 14.5. The second-order valence-electron chi connectivity index (χ2n) is 14.5. The van der Waals surface area contributed by atoms with Crippen LogP contribution >= 0.6 is 0 Å². The highest BCUT2D eigenvalue weighted by Gasteiger charge is 2.31. The van der Waals surface area contributed by atoms with Crippen LogP contribution < -0.4 is 16.0 Å². The lowest BCUT2D eigenvalue weighted by Crippen LogP contribution is -2.50. The summed E-state index contributed by atoms with van der Waals surface area (Å²) in [7, 11) is 0. The molecule has 15 nitrogen and oxygen atoms in total. The number of hydrogen-bond donors (Lipinski definition) is 5. The molecule has 53 heavy (non-hydrogen) atoms. The molecule has 2 atom stereocenters. The molecule has 2 unspecified atom stereocenters. The summed E-state index contributed by atoms with van der Waals surface area (Å²) in [6.07, 6.45) is 5.77. The topological polar surface area (TPSA) is 217 Å². The van der Waals surface area contributed by atoms with Crippen LogP contribution in [0.3, 0.4) is 0 Å². The zero-order valence-electron chi connectivity index (χ0n) is 31.6. The maximum atomic E-state index is 12.7. The Morgan fingerprint density at radius 3 is 2.15 bits per heavy atom. The third kappa shape index (κ3) is 13.3. The lowest BCUT2D eigenvalue weighted by Gasteiger charge is -2.27. The van der Waals surface area contributed by atoms with Crippen LogP contribution in [-0.2, 0) is 14.4 Å². The van der Waals surface area contributed by atoms with Gasteiger partial charge in [0.15, 0.2) is 0 Å². The number of carbonyl (C=O) groups excluding carboxylic acids is 5. The van der Waals surface area contributed by atoms with Gasteiger partial charge in [0.25, 0.3) is 11.8 Å². The van der Waals surface area contributed by atoms with Gasteiger partial charge in [0, 0.05) is 37.5 Å². The smallest absolute Gasteiger partial charge is 0.286 e. The molecule has 0 spiro atoms. The molecular weight excluding hydrogens is 682 g/mol. The summed E-state index contributed by atoms with van der Waals surface area (Å²) in [5, 5.41) is 34.7. The Balaban J connectivity index is 0.000000302. The van der Waals surface area contributed by atoms with E-state index in [9.17, 15) is 34.2 Å². The quantitative estimate of drug-likeness (QED) is 0.109. The number of aromatic nitrogens is 3. The largest absolute Gasteiger partial charge is 0.508 e. The van der Waals surface area contributed by atoms with Crippen molar-refractivity contribution in [2.24, 2.45) is 11.8 Å². The van der Waals surface area contributed by atoms with Crippen LogP contribution in [0.2, 0.25) is 0 Å². The fourth-order valence-electron chi connectivity index (χ4n) is 5.67. The van der Waals surface area contributed by atoms with Crippen molar-refractivity contribution in [3.63, 3.8) is 0 Å². The van der Waals surface area contributed by atoms with E-state index in [1.807, 2.05) is 46.4 Å². The molecule has 1 aromatic carbocycles. The number of ketones is 1. The van der Waals surface area contributed by atoms with E-state index in [-0.39, 0.29) is 64.4 Å². The first-order valence-corrected chi connectivity index (χ1v) is 18.0. The number of amides is 4. The maximum absolute atomic E-state index is 12.7. The maximum Gasteiger partial charge on any atom is 0.286 e. The lowest BCUT2D eigenvalue weighted by molar-refractivity contribution is -0.136. The number of pyridine rings is 1. The van der Waals surface area contributed by atoms with E-state index in [1.165, 1.54) is 37.4 Å². The minimum atomic E-state index is -0.727. The molecule has 15 heteroatoms. The molecule has 1 aliphatic rings. The summed E-state index contributed by atoms with van der Waals surface area (Å²) in [5.74, 6) is -1.19. The molecule has 0 aliphatic carbocycles. The zero-order chi connectivity index (χ0) is 39.3. The molecule has 0 saturated carbocycles. The molecule has 3 heterocycles. The number of hydrogen-bond acceptors (Lipinski definition) is 11. The second kappa shape index (κ2) is 19.5. The van der Waals surface area contributed by atoms with Crippen LogP contribution in [-0.4, -0.2) is 90.4 Å². The summed E-state index contributed by atoms with van der Waals surface area (Å²) in [6, 6.07) is 7.97. The summed E-state index contributed by atoms with van der Waals surface area (Å²) in [4.78, 5) is 66.7. The summed E-state index contributed by atoms with van der Waals surface area (Å²) < 4.78 is 5.37. The Morgan fingerprint density at radius 1 is 0.887 bits per heavy atom. The minimum absolute atomic E-state index is 0.0101. The molecule has 4 rings (SSSR count). The first kappa shape index (κ1) is 42.1. The van der Waals surface area contributed by atoms with Gasteiger partial charge in [-0.15, -0.1) is 10.2 Å². The van der Waals surface area contributed by atoms with Gasteiger partial charge < -0.3 is 35.5 Å². The van der Waals surface area contributed by atoms with Crippen LogP contribution in [0.15, 0.2) is 47.0 Å². The van der Waals surface area contributed by atoms with Crippen molar-refractivity contribution in [3.8, 4) is 23.0 Å². The predicted octanol–water partition coefficient (Wildman–Crippen LogP) is 4.40. The van der Waals surface area contributed by atoms with Crippen molar-refractivity contribution >= 4 is 29.4 Å². The van der Waals surface area contributed by atoms with E-state index in [1.54, 1.807) is 12.1 Å². The Kier molecular flexibility index (Phi) is 15.5. The van der Waals surface area contributed by atoms with Crippen LogP contribution in [0.25, 0.3) is 11.5 Å². The van der Waals surface area contributed by atoms with Crippen LogP contribution in [0.5, 0.6) is 11.5 Å². The summed E-state index contributed by atoms with van der Waals surface area (Å²) in [5.41, 5.74) is 0.291.